The lowest BCUT2D eigenvalue weighted by molar-refractivity contribution is -0.285. The van der Waals surface area contributed by atoms with Gasteiger partial charge in [0.05, 0.1) is 10.9 Å². The number of rotatable bonds is 3. The molecule has 3 rings (SSSR count). The average Bonchev–Trinajstić information content (AvgIpc) is 3.07. The topological polar surface area (TPSA) is 81.6 Å². The van der Waals surface area contributed by atoms with Gasteiger partial charge in [0.1, 0.15) is 11.7 Å². The van der Waals surface area contributed by atoms with Crippen LogP contribution in [0.1, 0.15) is 21.3 Å². The molecule has 0 radical (unpaired) electrons. The summed E-state index contributed by atoms with van der Waals surface area (Å²) in [5, 5.41) is 25.7. The van der Waals surface area contributed by atoms with Gasteiger partial charge < -0.3 is 20.8 Å². The van der Waals surface area contributed by atoms with Gasteiger partial charge in [-0.15, -0.1) is 11.3 Å². The van der Waals surface area contributed by atoms with E-state index in [1.807, 2.05) is 5.32 Å². The quantitative estimate of drug-likeness (QED) is 0.467. The Labute approximate surface area is 155 Å². The number of carbonyl (C=O) groups excluding carboxylic acids is 1. The third-order valence-corrected chi connectivity index (χ3v) is 5.19. The van der Waals surface area contributed by atoms with Gasteiger partial charge in [-0.05, 0) is 41.4 Å². The van der Waals surface area contributed by atoms with E-state index in [0.717, 1.165) is 11.3 Å². The summed E-state index contributed by atoms with van der Waals surface area (Å²) in [4.78, 5) is 12.9. The second-order valence-electron chi connectivity index (χ2n) is 5.75. The highest BCUT2D eigenvalue weighted by atomic mass is 32.1. The Balaban J connectivity index is 2.16. The number of hydrogen-bond donors (Lipinski definition) is 4. The van der Waals surface area contributed by atoms with E-state index >= 15 is 0 Å². The number of carbonyl (C=O) groups is 1. The Morgan fingerprint density at radius 1 is 1.27 bits per heavy atom. The maximum absolute atomic E-state index is 13.7. The van der Waals surface area contributed by atoms with Crippen molar-refractivity contribution in [2.24, 2.45) is 5.92 Å². The average molecular weight is 402 g/mol. The van der Waals surface area contributed by atoms with Crippen molar-refractivity contribution in [3.63, 3.8) is 0 Å². The Kier molecular flexibility index (Phi) is 4.67. The Bertz CT molecular complexity index is 842. The second-order valence-corrected chi connectivity index (χ2v) is 7.11. The van der Waals surface area contributed by atoms with Crippen molar-refractivity contribution in [1.29, 1.82) is 0 Å². The number of ketones is 1. The molecule has 138 valence electrons. The maximum Gasteiger partial charge on any atom is 0.437 e. The lowest BCUT2D eigenvalue weighted by Crippen LogP contribution is -2.72. The van der Waals surface area contributed by atoms with Crippen molar-refractivity contribution in [2.75, 3.05) is 0 Å². The summed E-state index contributed by atoms with van der Waals surface area (Å²) in [7, 11) is 0. The molecule has 0 aliphatic carbocycles. The fourth-order valence-corrected chi connectivity index (χ4v) is 3.89. The van der Waals surface area contributed by atoms with Crippen LogP contribution in [0.15, 0.2) is 41.8 Å². The first kappa shape index (κ1) is 18.6. The van der Waals surface area contributed by atoms with Crippen LogP contribution in [0.3, 0.4) is 0 Å². The van der Waals surface area contributed by atoms with E-state index in [-0.39, 0.29) is 16.2 Å². The summed E-state index contributed by atoms with van der Waals surface area (Å²) < 4.78 is 41.2. The van der Waals surface area contributed by atoms with E-state index < -0.39 is 34.8 Å². The number of halogens is 3. The number of thiocarbonyl (C=S) groups is 1. The van der Waals surface area contributed by atoms with Gasteiger partial charge in [0.25, 0.3) is 0 Å². The van der Waals surface area contributed by atoms with Crippen LogP contribution in [0.4, 0.5) is 13.2 Å². The number of aliphatic hydroxyl groups is 1. The first-order valence-corrected chi connectivity index (χ1v) is 8.66. The van der Waals surface area contributed by atoms with Crippen molar-refractivity contribution < 1.29 is 28.2 Å². The number of hydrogen-bond acceptors (Lipinski definition) is 5. The fourth-order valence-electron chi connectivity index (χ4n) is 2.91. The van der Waals surface area contributed by atoms with E-state index in [0.29, 0.717) is 0 Å². The van der Waals surface area contributed by atoms with E-state index in [4.69, 9.17) is 12.2 Å². The summed E-state index contributed by atoms with van der Waals surface area (Å²) in [5.41, 5.74) is -3.38. The number of phenols is 1. The molecule has 1 aromatic carbocycles. The lowest BCUT2D eigenvalue weighted by Gasteiger charge is -2.46. The molecule has 0 saturated carbocycles. The molecule has 4 N–H and O–H groups in total. The minimum atomic E-state index is -5.17. The first-order valence-electron chi connectivity index (χ1n) is 7.38. The normalized spacial score (nSPS) is 26.1. The number of alkyl halides is 3. The highest BCUT2D eigenvalue weighted by molar-refractivity contribution is 7.80. The van der Waals surface area contributed by atoms with Gasteiger partial charge in [0.2, 0.25) is 5.72 Å². The number of phenolic OH excluding ortho intramolecular Hbond substituents is 1. The molecule has 2 aromatic rings. The Morgan fingerprint density at radius 2 is 2.00 bits per heavy atom. The molecule has 1 aliphatic heterocycles. The van der Waals surface area contributed by atoms with Crippen LogP contribution < -0.4 is 10.6 Å². The molecule has 0 bridgehead atoms. The molecular formula is C16H13F3N2O3S2. The summed E-state index contributed by atoms with van der Waals surface area (Å²) in [5.74, 6) is -3.04. The van der Waals surface area contributed by atoms with Crippen molar-refractivity contribution >= 4 is 34.5 Å². The SMILES string of the molecule is O=C(c1cccs1)[C@@H]1[C@@H](c2cccc(O)c2)NC(=S)N[C@@]1(O)C(F)(F)F. The van der Waals surface area contributed by atoms with E-state index in [1.165, 1.54) is 36.4 Å². The standard InChI is InChI=1S/C16H13F3N2O3S2/c17-16(18,19)15(24)11(13(23)10-5-2-6-26-10)12(20-14(25)21-15)8-3-1-4-9(22)7-8/h1-7,11-12,22,24H,(H2,20,21,25)/t11-,12+,15-/m0/s1. The fraction of sp³-hybridized carbons (Fsp3) is 0.250. The number of Topliss-reactive ketones (excluding diaryl/α,β-unsaturated/α-hetero) is 1. The minimum absolute atomic E-state index is 0.0687. The molecule has 0 spiro atoms. The number of benzene rings is 1. The summed E-state index contributed by atoms with van der Waals surface area (Å²) in [6.07, 6.45) is -5.17. The molecule has 1 aliphatic rings. The van der Waals surface area contributed by atoms with Gasteiger partial charge in [-0.1, -0.05) is 18.2 Å². The van der Waals surface area contributed by atoms with Crippen LogP contribution >= 0.6 is 23.6 Å². The van der Waals surface area contributed by atoms with Crippen molar-refractivity contribution in [3.05, 3.63) is 52.2 Å². The molecule has 1 saturated heterocycles. The molecule has 26 heavy (non-hydrogen) atoms. The lowest BCUT2D eigenvalue weighted by atomic mass is 9.78. The monoisotopic (exact) mass is 402 g/mol. The summed E-state index contributed by atoms with van der Waals surface area (Å²) in [6, 6.07) is 7.05. The molecule has 5 nitrogen and oxygen atoms in total. The van der Waals surface area contributed by atoms with Crippen LogP contribution in [-0.2, 0) is 0 Å². The maximum atomic E-state index is 13.7. The van der Waals surface area contributed by atoms with Crippen LogP contribution in [-0.4, -0.2) is 33.0 Å². The van der Waals surface area contributed by atoms with E-state index in [9.17, 15) is 28.2 Å². The van der Waals surface area contributed by atoms with Gasteiger partial charge in [0.15, 0.2) is 10.9 Å². The smallest absolute Gasteiger partial charge is 0.437 e. The third kappa shape index (κ3) is 3.15. The highest BCUT2D eigenvalue weighted by Crippen LogP contribution is 2.44. The van der Waals surface area contributed by atoms with Crippen molar-refractivity contribution in [3.8, 4) is 5.75 Å². The van der Waals surface area contributed by atoms with Gasteiger partial charge in [0, 0.05) is 0 Å². The largest absolute Gasteiger partial charge is 0.508 e. The zero-order valence-corrected chi connectivity index (χ0v) is 14.6. The predicted molar refractivity (Wildman–Crippen MR) is 92.9 cm³/mol. The van der Waals surface area contributed by atoms with Crippen LogP contribution in [0.2, 0.25) is 0 Å². The molecular weight excluding hydrogens is 389 g/mol. The molecule has 1 fully saturated rings. The number of nitrogens with one attached hydrogen (secondary N) is 2. The van der Waals surface area contributed by atoms with Gasteiger partial charge >= 0.3 is 6.18 Å². The second kappa shape index (κ2) is 6.53. The Morgan fingerprint density at radius 3 is 2.58 bits per heavy atom. The van der Waals surface area contributed by atoms with Crippen molar-refractivity contribution in [1.82, 2.24) is 10.6 Å². The van der Waals surface area contributed by atoms with Gasteiger partial charge in [-0.3, -0.25) is 4.79 Å². The van der Waals surface area contributed by atoms with E-state index in [2.05, 4.69) is 5.32 Å². The molecule has 10 heteroatoms. The Hall–Kier alpha value is -2.17. The minimum Gasteiger partial charge on any atom is -0.508 e. The van der Waals surface area contributed by atoms with Crippen LogP contribution in [0.5, 0.6) is 5.75 Å². The molecule has 0 amide bonds. The number of thiophene rings is 1. The van der Waals surface area contributed by atoms with Crippen molar-refractivity contribution in [2.45, 2.75) is 17.9 Å². The summed E-state index contributed by atoms with van der Waals surface area (Å²) >= 11 is 5.79. The van der Waals surface area contributed by atoms with Gasteiger partial charge in [-0.2, -0.15) is 13.2 Å². The zero-order chi connectivity index (χ0) is 19.1. The molecule has 1 aromatic heterocycles. The molecule has 2 heterocycles. The van der Waals surface area contributed by atoms with Crippen LogP contribution in [0, 0.1) is 5.92 Å². The van der Waals surface area contributed by atoms with E-state index in [1.54, 1.807) is 5.38 Å². The highest BCUT2D eigenvalue weighted by Gasteiger charge is 2.65. The zero-order valence-electron chi connectivity index (χ0n) is 12.9. The van der Waals surface area contributed by atoms with Crippen LogP contribution in [0.25, 0.3) is 0 Å². The number of aromatic hydroxyl groups is 1. The summed E-state index contributed by atoms with van der Waals surface area (Å²) in [6.45, 7) is 0. The molecule has 3 atom stereocenters. The first-order chi connectivity index (χ1) is 12.1. The molecule has 0 unspecified atom stereocenters. The van der Waals surface area contributed by atoms with Gasteiger partial charge in [-0.25, -0.2) is 0 Å². The predicted octanol–water partition coefficient (Wildman–Crippen LogP) is 2.72. The third-order valence-electron chi connectivity index (χ3n) is 4.08.